The summed E-state index contributed by atoms with van der Waals surface area (Å²) in [5.41, 5.74) is 0.347. The summed E-state index contributed by atoms with van der Waals surface area (Å²) >= 11 is 6.06. The molecule has 1 aliphatic heterocycles. The summed E-state index contributed by atoms with van der Waals surface area (Å²) in [4.78, 5) is 4.32. The van der Waals surface area contributed by atoms with Crippen molar-refractivity contribution >= 4 is 27.4 Å². The van der Waals surface area contributed by atoms with Crippen LogP contribution in [-0.2, 0) is 10.0 Å². The summed E-state index contributed by atoms with van der Waals surface area (Å²) in [7, 11) is -3.49. The molecule has 134 valence electrons. The van der Waals surface area contributed by atoms with Gasteiger partial charge in [0.05, 0.1) is 6.04 Å². The van der Waals surface area contributed by atoms with Crippen molar-refractivity contribution in [3.8, 4) is 0 Å². The maximum absolute atomic E-state index is 14.0. The molecule has 1 saturated heterocycles. The van der Waals surface area contributed by atoms with Crippen molar-refractivity contribution in [1.82, 2.24) is 9.29 Å². The summed E-state index contributed by atoms with van der Waals surface area (Å²) in [6, 6.07) is 7.19. The molecule has 0 amide bonds. The van der Waals surface area contributed by atoms with E-state index < -0.39 is 21.9 Å². The Morgan fingerprint density at radius 3 is 2.56 bits per heavy atom. The number of pyridine rings is 1. The normalized spacial score (nSPS) is 16.8. The SMILES string of the molecule is CC(Nc1ccc(S(=O)(=O)N2CCCC2)cn1)c1c(F)cccc1Cl. The number of hydrogen-bond acceptors (Lipinski definition) is 4. The number of nitrogens with one attached hydrogen (secondary N) is 1. The third kappa shape index (κ3) is 3.78. The number of benzene rings is 1. The number of sulfonamides is 1. The molecule has 1 aliphatic rings. The first-order chi connectivity index (χ1) is 11.9. The van der Waals surface area contributed by atoms with E-state index in [-0.39, 0.29) is 4.90 Å². The van der Waals surface area contributed by atoms with Gasteiger partial charge in [-0.05, 0) is 44.0 Å². The Morgan fingerprint density at radius 1 is 1.24 bits per heavy atom. The van der Waals surface area contributed by atoms with Gasteiger partial charge in [0, 0.05) is 29.9 Å². The zero-order chi connectivity index (χ0) is 18.0. The van der Waals surface area contributed by atoms with Gasteiger partial charge in [-0.25, -0.2) is 17.8 Å². The lowest BCUT2D eigenvalue weighted by Crippen LogP contribution is -2.27. The Kier molecular flexibility index (Phi) is 5.27. The van der Waals surface area contributed by atoms with Crippen LogP contribution in [0.4, 0.5) is 10.2 Å². The molecule has 0 radical (unpaired) electrons. The molecule has 3 rings (SSSR count). The first-order valence-electron chi connectivity index (χ1n) is 8.06. The molecule has 1 fully saturated rings. The van der Waals surface area contributed by atoms with E-state index in [1.165, 1.54) is 22.6 Å². The predicted octanol–water partition coefficient (Wildman–Crippen LogP) is 3.83. The van der Waals surface area contributed by atoms with Crippen molar-refractivity contribution in [3.63, 3.8) is 0 Å². The minimum absolute atomic E-state index is 0.163. The van der Waals surface area contributed by atoms with Crippen LogP contribution in [-0.4, -0.2) is 30.8 Å². The van der Waals surface area contributed by atoms with E-state index in [0.29, 0.717) is 29.5 Å². The predicted molar refractivity (Wildman–Crippen MR) is 95.7 cm³/mol. The summed E-state index contributed by atoms with van der Waals surface area (Å²) in [5.74, 6) is 0.0490. The molecule has 0 aliphatic carbocycles. The Bertz CT molecular complexity index is 832. The van der Waals surface area contributed by atoms with Crippen LogP contribution in [0.1, 0.15) is 31.4 Å². The van der Waals surface area contributed by atoms with Crippen LogP contribution in [0.2, 0.25) is 5.02 Å². The maximum atomic E-state index is 14.0. The molecule has 1 N–H and O–H groups in total. The van der Waals surface area contributed by atoms with E-state index in [4.69, 9.17) is 11.6 Å². The number of nitrogens with zero attached hydrogens (tertiary/aromatic N) is 2. The Morgan fingerprint density at radius 2 is 1.96 bits per heavy atom. The van der Waals surface area contributed by atoms with Crippen LogP contribution >= 0.6 is 11.6 Å². The van der Waals surface area contributed by atoms with E-state index in [1.54, 1.807) is 25.1 Å². The Balaban J connectivity index is 1.77. The molecule has 0 saturated carbocycles. The molecule has 2 aromatic rings. The average molecular weight is 384 g/mol. The lowest BCUT2D eigenvalue weighted by atomic mass is 10.1. The van der Waals surface area contributed by atoms with Crippen molar-refractivity contribution in [1.29, 1.82) is 0 Å². The zero-order valence-electron chi connectivity index (χ0n) is 13.7. The van der Waals surface area contributed by atoms with Gasteiger partial charge in [-0.1, -0.05) is 17.7 Å². The highest BCUT2D eigenvalue weighted by Gasteiger charge is 2.27. The largest absolute Gasteiger partial charge is 0.363 e. The van der Waals surface area contributed by atoms with Crippen LogP contribution in [0.15, 0.2) is 41.4 Å². The van der Waals surface area contributed by atoms with Gasteiger partial charge in [0.1, 0.15) is 16.5 Å². The number of hydrogen-bond donors (Lipinski definition) is 1. The van der Waals surface area contributed by atoms with Gasteiger partial charge < -0.3 is 5.32 Å². The van der Waals surface area contributed by atoms with Gasteiger partial charge in [0.2, 0.25) is 10.0 Å². The van der Waals surface area contributed by atoms with Crippen molar-refractivity contribution < 1.29 is 12.8 Å². The lowest BCUT2D eigenvalue weighted by Gasteiger charge is -2.18. The molecule has 1 aromatic carbocycles. The lowest BCUT2D eigenvalue weighted by molar-refractivity contribution is 0.477. The highest BCUT2D eigenvalue weighted by molar-refractivity contribution is 7.89. The van der Waals surface area contributed by atoms with Gasteiger partial charge in [0.25, 0.3) is 0 Å². The fourth-order valence-electron chi connectivity index (χ4n) is 2.91. The van der Waals surface area contributed by atoms with E-state index in [0.717, 1.165) is 12.8 Å². The second-order valence-corrected chi connectivity index (χ2v) is 8.34. The summed E-state index contributed by atoms with van der Waals surface area (Å²) in [5, 5.41) is 3.37. The third-order valence-electron chi connectivity index (χ3n) is 4.24. The summed E-state index contributed by atoms with van der Waals surface area (Å²) in [6.45, 7) is 2.86. The first kappa shape index (κ1) is 18.1. The van der Waals surface area contributed by atoms with Crippen molar-refractivity contribution in [3.05, 3.63) is 52.9 Å². The van der Waals surface area contributed by atoms with Crippen LogP contribution in [0.3, 0.4) is 0 Å². The fourth-order valence-corrected chi connectivity index (χ4v) is 4.70. The summed E-state index contributed by atoms with van der Waals surface area (Å²) in [6.07, 6.45) is 3.09. The molecular weight excluding hydrogens is 365 g/mol. The molecule has 1 unspecified atom stereocenters. The molecule has 5 nitrogen and oxygen atoms in total. The smallest absolute Gasteiger partial charge is 0.244 e. The molecule has 0 bridgehead atoms. The second kappa shape index (κ2) is 7.27. The monoisotopic (exact) mass is 383 g/mol. The van der Waals surface area contributed by atoms with Gasteiger partial charge >= 0.3 is 0 Å². The molecule has 25 heavy (non-hydrogen) atoms. The van der Waals surface area contributed by atoms with Crippen molar-refractivity contribution in [2.45, 2.75) is 30.7 Å². The van der Waals surface area contributed by atoms with Gasteiger partial charge in [-0.2, -0.15) is 4.31 Å². The first-order valence-corrected chi connectivity index (χ1v) is 9.88. The van der Waals surface area contributed by atoms with E-state index >= 15 is 0 Å². The van der Waals surface area contributed by atoms with Crippen LogP contribution < -0.4 is 5.32 Å². The van der Waals surface area contributed by atoms with Crippen LogP contribution in [0, 0.1) is 5.82 Å². The third-order valence-corrected chi connectivity index (χ3v) is 6.45. The van der Waals surface area contributed by atoms with Gasteiger partial charge in [-0.3, -0.25) is 0 Å². The second-order valence-electron chi connectivity index (χ2n) is 5.99. The number of anilines is 1. The van der Waals surface area contributed by atoms with Crippen molar-refractivity contribution in [2.24, 2.45) is 0 Å². The summed E-state index contributed by atoms with van der Waals surface area (Å²) < 4.78 is 40.4. The zero-order valence-corrected chi connectivity index (χ0v) is 15.3. The topological polar surface area (TPSA) is 62.3 Å². The fraction of sp³-hybridized carbons (Fsp3) is 0.353. The number of halogens is 2. The van der Waals surface area contributed by atoms with Gasteiger partial charge in [0.15, 0.2) is 0 Å². The van der Waals surface area contributed by atoms with Gasteiger partial charge in [-0.15, -0.1) is 0 Å². The quantitative estimate of drug-likeness (QED) is 0.852. The van der Waals surface area contributed by atoms with Crippen LogP contribution in [0.25, 0.3) is 0 Å². The van der Waals surface area contributed by atoms with E-state index in [1.807, 2.05) is 0 Å². The average Bonchev–Trinajstić information content (AvgIpc) is 3.10. The van der Waals surface area contributed by atoms with E-state index in [9.17, 15) is 12.8 Å². The van der Waals surface area contributed by atoms with Crippen molar-refractivity contribution in [2.75, 3.05) is 18.4 Å². The highest BCUT2D eigenvalue weighted by Crippen LogP contribution is 2.28. The minimum Gasteiger partial charge on any atom is -0.363 e. The molecule has 8 heteroatoms. The highest BCUT2D eigenvalue weighted by atomic mass is 35.5. The minimum atomic E-state index is -3.49. The molecule has 2 heterocycles. The standard InChI is InChI=1S/C17H19ClFN3O2S/c1-12(17-14(18)5-4-6-15(17)19)21-16-8-7-13(11-20-16)25(23,24)22-9-2-3-10-22/h4-8,11-12H,2-3,9-10H2,1H3,(H,20,21). The maximum Gasteiger partial charge on any atom is 0.244 e. The Labute approximate surface area is 151 Å². The molecule has 0 spiro atoms. The molecule has 1 atom stereocenters. The van der Waals surface area contributed by atoms with E-state index in [2.05, 4.69) is 10.3 Å². The van der Waals surface area contributed by atoms with Crippen LogP contribution in [0.5, 0.6) is 0 Å². The molecular formula is C17H19ClFN3O2S. The number of aromatic nitrogens is 1. The number of rotatable bonds is 5. The Hall–Kier alpha value is -1.70. The molecule has 1 aromatic heterocycles.